The molecule has 0 aliphatic carbocycles. The lowest BCUT2D eigenvalue weighted by Crippen LogP contribution is -2.01. The van der Waals surface area contributed by atoms with E-state index in [0.29, 0.717) is 11.5 Å². The number of halogens is 6. The van der Waals surface area contributed by atoms with E-state index >= 15 is 0 Å². The first-order valence-electron chi connectivity index (χ1n) is 30.3. The minimum Gasteiger partial charge on any atom is -0.248 e. The molecule has 0 bridgehead atoms. The maximum absolute atomic E-state index is 6.37. The van der Waals surface area contributed by atoms with Crippen molar-refractivity contribution in [3.63, 3.8) is 0 Å². The Hall–Kier alpha value is -6.72. The van der Waals surface area contributed by atoms with Crippen LogP contribution in [0.3, 0.4) is 0 Å². The zero-order valence-electron chi connectivity index (χ0n) is 50.9. The van der Waals surface area contributed by atoms with E-state index in [1.54, 1.807) is 70.6 Å². The van der Waals surface area contributed by atoms with Crippen molar-refractivity contribution in [1.82, 2.24) is 29.9 Å². The van der Waals surface area contributed by atoms with E-state index in [2.05, 4.69) is 97.1 Å². The summed E-state index contributed by atoms with van der Waals surface area (Å²) in [6, 6.07) is 85.1. The Morgan fingerprint density at radius 3 is 0.729 bits per heavy atom. The standard InChI is InChI=1S/3C26H18Cl2N2S2/c27-19-9-3-5-11-25(19)31-15-23-24(16-32-26-12-6-4-10-20(26)28)30-22-14-18-8-2-1-7-17(18)13-21(22)29-23;27-19-7-3-9-21(13-19)31-15-25-26(16-32-22-10-4-8-20(28)14-22)30-24-12-18-6-2-1-5-17(18)11-23(24)29-25;27-19-5-9-21(10-6-19)31-15-25-26(16-32-22-11-7-20(28)8-12-22)30-24-14-18-4-2-1-3-17(18)13-23(24)29-25/h3*1-14H,15-16H2. The molecule has 0 N–H and O–H groups in total. The van der Waals surface area contributed by atoms with Crippen LogP contribution in [0.4, 0.5) is 0 Å². The topological polar surface area (TPSA) is 77.3 Å². The van der Waals surface area contributed by atoms with Gasteiger partial charge in [-0.3, -0.25) is 0 Å². The fourth-order valence-corrected chi connectivity index (χ4v) is 17.1. The van der Waals surface area contributed by atoms with E-state index in [9.17, 15) is 0 Å². The molecule has 6 nitrogen and oxygen atoms in total. The molecular formula is C78H54Cl6N6S6. The SMILES string of the molecule is Clc1ccc(SCc2nc3cc4ccccc4cc3nc2CSc2ccc(Cl)cc2)cc1.Clc1cccc(SCc2nc3cc4ccccc4cc3nc2CSc2cccc(Cl)c2)c1.Clc1ccccc1SCc1nc2cc3ccccc3cc2nc1CSc1ccccc1Cl. The van der Waals surface area contributed by atoms with Crippen LogP contribution in [0.2, 0.25) is 30.1 Å². The van der Waals surface area contributed by atoms with E-state index in [1.165, 1.54) is 21.5 Å². The minimum atomic E-state index is 0.692. The Balaban J connectivity index is 0.000000130. The third-order valence-electron chi connectivity index (χ3n) is 15.2. The predicted molar refractivity (Wildman–Crippen MR) is 417 cm³/mol. The highest BCUT2D eigenvalue weighted by atomic mass is 35.5. The third-order valence-corrected chi connectivity index (χ3v) is 23.3. The van der Waals surface area contributed by atoms with Gasteiger partial charge in [-0.2, -0.15) is 0 Å². The van der Waals surface area contributed by atoms with Crippen molar-refractivity contribution in [3.8, 4) is 0 Å². The van der Waals surface area contributed by atoms with E-state index in [4.69, 9.17) is 99.5 Å². The van der Waals surface area contributed by atoms with E-state index in [1.807, 2.05) is 158 Å². The summed E-state index contributed by atoms with van der Waals surface area (Å²) in [5.41, 5.74) is 11.4. The Labute approximate surface area is 612 Å². The average Bonchev–Trinajstić information content (AvgIpc) is 0.804. The summed E-state index contributed by atoms with van der Waals surface area (Å²) in [4.78, 5) is 36.9. The van der Waals surface area contributed by atoms with E-state index in [-0.39, 0.29) is 0 Å². The molecular weight excluding hydrogens is 1430 g/mol. The summed E-state index contributed by atoms with van der Waals surface area (Å²) in [5, 5.41) is 11.5. The number of rotatable bonds is 18. The highest BCUT2D eigenvalue weighted by Crippen LogP contribution is 2.37. The molecule has 0 atom stereocenters. The van der Waals surface area contributed by atoms with Crippen LogP contribution in [0, 0.1) is 0 Å². The van der Waals surface area contributed by atoms with Crippen molar-refractivity contribution < 1.29 is 0 Å². The lowest BCUT2D eigenvalue weighted by molar-refractivity contribution is 1.07. The lowest BCUT2D eigenvalue weighted by atomic mass is 10.1. The van der Waals surface area contributed by atoms with Crippen molar-refractivity contribution in [1.29, 1.82) is 0 Å². The number of nitrogens with zero attached hydrogens (tertiary/aromatic N) is 6. The lowest BCUT2D eigenvalue weighted by Gasteiger charge is -2.12. The third kappa shape index (κ3) is 17.9. The highest BCUT2D eigenvalue weighted by Gasteiger charge is 2.17. The van der Waals surface area contributed by atoms with Crippen molar-refractivity contribution >= 4 is 206 Å². The molecule has 0 spiro atoms. The monoisotopic (exact) mass is 1480 g/mol. The Morgan fingerprint density at radius 1 is 0.208 bits per heavy atom. The molecule has 0 aliphatic rings. The van der Waals surface area contributed by atoms with Gasteiger partial charge >= 0.3 is 0 Å². The van der Waals surface area contributed by atoms with Gasteiger partial charge in [0.05, 0.1) is 77.3 Å². The smallest absolute Gasteiger partial charge is 0.0897 e. The number of hydrogen-bond acceptors (Lipinski definition) is 12. The van der Waals surface area contributed by atoms with Gasteiger partial charge in [0.2, 0.25) is 0 Å². The van der Waals surface area contributed by atoms with Crippen molar-refractivity contribution in [2.75, 3.05) is 0 Å². The molecule has 3 heterocycles. The van der Waals surface area contributed by atoms with Gasteiger partial charge in [0.1, 0.15) is 0 Å². The minimum absolute atomic E-state index is 0.692. The van der Waals surface area contributed by atoms with Gasteiger partial charge in [-0.05, 0) is 178 Å². The fraction of sp³-hybridized carbons (Fsp3) is 0.0769. The van der Waals surface area contributed by atoms with Gasteiger partial charge in [0, 0.05) is 84.0 Å². The molecule has 18 heteroatoms. The van der Waals surface area contributed by atoms with Gasteiger partial charge in [-0.25, -0.2) is 29.9 Å². The summed E-state index contributed by atoms with van der Waals surface area (Å²) in [5.74, 6) is 4.32. The summed E-state index contributed by atoms with van der Waals surface area (Å²) in [6.07, 6.45) is 0. The molecule has 12 aromatic carbocycles. The second-order valence-electron chi connectivity index (χ2n) is 21.8. The average molecular weight is 1480 g/mol. The summed E-state index contributed by atoms with van der Waals surface area (Å²) < 4.78 is 0. The molecule has 0 saturated carbocycles. The van der Waals surface area contributed by atoms with Crippen molar-refractivity contribution in [2.24, 2.45) is 0 Å². The first kappa shape index (κ1) is 67.8. The molecule has 0 aliphatic heterocycles. The molecule has 0 fully saturated rings. The first-order valence-corrected chi connectivity index (χ1v) is 38.5. The van der Waals surface area contributed by atoms with E-state index < -0.39 is 0 Å². The second kappa shape index (κ2) is 32.8. The Kier molecular flexibility index (Phi) is 23.1. The molecule has 3 aromatic heterocycles. The number of fused-ring (bicyclic) bond motifs is 6. The van der Waals surface area contributed by atoms with Gasteiger partial charge < -0.3 is 0 Å². The summed E-state index contributed by atoms with van der Waals surface area (Å²) >= 11 is 47.4. The molecule has 0 saturated heterocycles. The van der Waals surface area contributed by atoms with Crippen LogP contribution in [0.1, 0.15) is 34.2 Å². The molecule has 0 unspecified atom stereocenters. The zero-order valence-corrected chi connectivity index (χ0v) is 60.3. The largest absolute Gasteiger partial charge is 0.248 e. The number of benzene rings is 12. The van der Waals surface area contributed by atoms with Crippen LogP contribution in [0.25, 0.3) is 65.4 Å². The molecule has 474 valence electrons. The molecule has 15 rings (SSSR count). The molecule has 15 aromatic rings. The van der Waals surface area contributed by atoms with Crippen LogP contribution < -0.4 is 0 Å². The van der Waals surface area contributed by atoms with Crippen molar-refractivity contribution in [2.45, 2.75) is 63.9 Å². The van der Waals surface area contributed by atoms with Gasteiger partial charge in [0.25, 0.3) is 0 Å². The summed E-state index contributed by atoms with van der Waals surface area (Å²) in [7, 11) is 0. The maximum Gasteiger partial charge on any atom is 0.0897 e. The highest BCUT2D eigenvalue weighted by molar-refractivity contribution is 7.99. The van der Waals surface area contributed by atoms with Crippen LogP contribution in [0.15, 0.2) is 284 Å². The Morgan fingerprint density at radius 2 is 0.458 bits per heavy atom. The van der Waals surface area contributed by atoms with Gasteiger partial charge in [-0.15, -0.1) is 70.6 Å². The number of thioether (sulfide) groups is 6. The molecule has 0 amide bonds. The van der Waals surface area contributed by atoms with Gasteiger partial charge in [-0.1, -0.05) is 179 Å². The second-order valence-corrected chi connectivity index (χ2v) is 30.6. The first-order chi connectivity index (χ1) is 46.9. The normalized spacial score (nSPS) is 11.3. The van der Waals surface area contributed by atoms with E-state index in [0.717, 1.165) is 161 Å². The number of hydrogen-bond donors (Lipinski definition) is 0. The van der Waals surface area contributed by atoms with Gasteiger partial charge in [0.15, 0.2) is 0 Å². The Bertz CT molecular complexity index is 4950. The van der Waals surface area contributed by atoms with Crippen LogP contribution in [0.5, 0.6) is 0 Å². The fourth-order valence-electron chi connectivity index (χ4n) is 10.3. The summed E-state index contributed by atoms with van der Waals surface area (Å²) in [6.45, 7) is 0. The zero-order chi connectivity index (χ0) is 65.7. The quantitative estimate of drug-likeness (QED) is 0.0606. The number of aromatic nitrogens is 6. The van der Waals surface area contributed by atoms with Crippen LogP contribution in [-0.4, -0.2) is 29.9 Å². The van der Waals surface area contributed by atoms with Crippen LogP contribution >= 0.6 is 140 Å². The van der Waals surface area contributed by atoms with Crippen LogP contribution in [-0.2, 0) is 34.5 Å². The molecule has 96 heavy (non-hydrogen) atoms. The predicted octanol–water partition coefficient (Wildman–Crippen LogP) is 26.0. The maximum atomic E-state index is 6.37. The van der Waals surface area contributed by atoms with Crippen molar-refractivity contribution in [3.05, 3.63) is 319 Å². The molecule has 0 radical (unpaired) electrons.